The van der Waals surface area contributed by atoms with Gasteiger partial charge in [-0.2, -0.15) is 0 Å². The third-order valence-corrected chi connectivity index (χ3v) is 7.46. The number of fused-ring (bicyclic) bond motifs is 1. The van der Waals surface area contributed by atoms with Crippen LogP contribution in [0.1, 0.15) is 42.1 Å². The number of benzene rings is 3. The summed E-state index contributed by atoms with van der Waals surface area (Å²) in [6.45, 7) is 6.64. The van der Waals surface area contributed by atoms with Gasteiger partial charge in [-0.05, 0) is 65.8 Å². The van der Waals surface area contributed by atoms with Crippen molar-refractivity contribution in [3.8, 4) is 0 Å². The van der Waals surface area contributed by atoms with Crippen LogP contribution in [-0.4, -0.2) is 29.1 Å². The molecule has 1 aliphatic heterocycles. The molecule has 1 aliphatic rings. The summed E-state index contributed by atoms with van der Waals surface area (Å²) in [6.07, 6.45) is 3.36. The first-order valence-electron chi connectivity index (χ1n) is 12.3. The second kappa shape index (κ2) is 9.94. The predicted octanol–water partition coefficient (Wildman–Crippen LogP) is 6.13. The monoisotopic (exact) mass is 437 g/mol. The Hall–Kier alpha value is -2.88. The highest BCUT2D eigenvalue weighted by atomic mass is 15.2. The standard InChI is InChI=1S/C30H35N3/c1-23(28-16-8-13-25-12-6-7-15-30(25)28)31-20-26-21-33(22-27-14-9-18-32(27)2)19-17-29(26)24-10-4-3-5-11-24/h3-16,18,23,26,29,31H,17,19-22H2,1-2H3/t23-,26?,29?/m1/s1. The highest BCUT2D eigenvalue weighted by Gasteiger charge is 2.30. The van der Waals surface area contributed by atoms with Crippen molar-refractivity contribution >= 4 is 10.8 Å². The van der Waals surface area contributed by atoms with Gasteiger partial charge in [0.05, 0.1) is 0 Å². The quantitative estimate of drug-likeness (QED) is 0.375. The maximum absolute atomic E-state index is 3.92. The third-order valence-electron chi connectivity index (χ3n) is 7.46. The second-order valence-electron chi connectivity index (χ2n) is 9.61. The molecule has 1 saturated heterocycles. The fourth-order valence-corrected chi connectivity index (χ4v) is 5.55. The minimum absolute atomic E-state index is 0.316. The predicted molar refractivity (Wildman–Crippen MR) is 138 cm³/mol. The molecule has 3 heteroatoms. The van der Waals surface area contributed by atoms with Crippen LogP contribution < -0.4 is 5.32 Å². The maximum Gasteiger partial charge on any atom is 0.0387 e. The average Bonchev–Trinajstić information content (AvgIpc) is 3.27. The number of nitrogens with zero attached hydrogens (tertiary/aromatic N) is 2. The van der Waals surface area contributed by atoms with Gasteiger partial charge in [0.1, 0.15) is 0 Å². The minimum Gasteiger partial charge on any atom is -0.353 e. The molecule has 1 N–H and O–H groups in total. The van der Waals surface area contributed by atoms with Gasteiger partial charge in [-0.1, -0.05) is 72.8 Å². The van der Waals surface area contributed by atoms with Gasteiger partial charge in [0, 0.05) is 44.6 Å². The Kier molecular flexibility index (Phi) is 6.61. The molecule has 0 saturated carbocycles. The van der Waals surface area contributed by atoms with Crippen molar-refractivity contribution in [2.45, 2.75) is 31.8 Å². The number of rotatable bonds is 7. The van der Waals surface area contributed by atoms with Crippen molar-refractivity contribution in [1.29, 1.82) is 0 Å². The van der Waals surface area contributed by atoms with Gasteiger partial charge in [0.25, 0.3) is 0 Å². The van der Waals surface area contributed by atoms with Crippen molar-refractivity contribution in [2.24, 2.45) is 13.0 Å². The molecule has 0 spiro atoms. The van der Waals surface area contributed by atoms with Crippen LogP contribution in [0.5, 0.6) is 0 Å². The molecule has 0 bridgehead atoms. The molecule has 1 fully saturated rings. The van der Waals surface area contributed by atoms with Crippen molar-refractivity contribution in [2.75, 3.05) is 19.6 Å². The zero-order valence-corrected chi connectivity index (χ0v) is 19.8. The first-order valence-corrected chi connectivity index (χ1v) is 12.3. The van der Waals surface area contributed by atoms with Crippen LogP contribution in [0.3, 0.4) is 0 Å². The first-order chi connectivity index (χ1) is 16.2. The smallest absolute Gasteiger partial charge is 0.0387 e. The van der Waals surface area contributed by atoms with Crippen molar-refractivity contribution in [3.63, 3.8) is 0 Å². The van der Waals surface area contributed by atoms with Gasteiger partial charge < -0.3 is 9.88 Å². The molecule has 3 aromatic carbocycles. The molecule has 2 unspecified atom stereocenters. The molecule has 4 aromatic rings. The van der Waals surface area contributed by atoms with Crippen molar-refractivity contribution in [1.82, 2.24) is 14.8 Å². The van der Waals surface area contributed by atoms with E-state index in [1.807, 2.05) is 0 Å². The Labute approximate surface area is 198 Å². The Morgan fingerprint density at radius 1 is 0.909 bits per heavy atom. The average molecular weight is 438 g/mol. The Morgan fingerprint density at radius 2 is 1.70 bits per heavy atom. The molecule has 5 rings (SSSR count). The molecular weight excluding hydrogens is 402 g/mol. The molecule has 1 aromatic heterocycles. The normalized spacial score (nSPS) is 20.2. The number of hydrogen-bond donors (Lipinski definition) is 1. The number of nitrogens with one attached hydrogen (secondary N) is 1. The van der Waals surface area contributed by atoms with E-state index in [1.54, 1.807) is 0 Å². The first kappa shape index (κ1) is 21.9. The van der Waals surface area contributed by atoms with Gasteiger partial charge in [-0.3, -0.25) is 4.90 Å². The molecule has 170 valence electrons. The SMILES string of the molecule is C[C@@H](NCC1CN(Cc2cccn2C)CCC1c1ccccc1)c1cccc2ccccc12. The van der Waals surface area contributed by atoms with Crippen LogP contribution in [0.25, 0.3) is 10.8 Å². The van der Waals surface area contributed by atoms with E-state index in [9.17, 15) is 0 Å². The van der Waals surface area contributed by atoms with Crippen molar-refractivity contribution < 1.29 is 0 Å². The fraction of sp³-hybridized carbons (Fsp3) is 0.333. The molecule has 33 heavy (non-hydrogen) atoms. The summed E-state index contributed by atoms with van der Waals surface area (Å²) in [5.41, 5.74) is 4.27. The van der Waals surface area contributed by atoms with Gasteiger partial charge >= 0.3 is 0 Å². The number of hydrogen-bond acceptors (Lipinski definition) is 2. The molecule has 3 nitrogen and oxygen atoms in total. The van der Waals surface area contributed by atoms with E-state index >= 15 is 0 Å². The third kappa shape index (κ3) is 4.90. The van der Waals surface area contributed by atoms with Gasteiger partial charge in [-0.25, -0.2) is 0 Å². The van der Waals surface area contributed by atoms with E-state index in [0.29, 0.717) is 17.9 Å². The zero-order chi connectivity index (χ0) is 22.6. The van der Waals surface area contributed by atoms with Crippen LogP contribution in [0.15, 0.2) is 91.1 Å². The van der Waals surface area contributed by atoms with Crippen LogP contribution >= 0.6 is 0 Å². The van der Waals surface area contributed by atoms with E-state index in [2.05, 4.69) is 120 Å². The van der Waals surface area contributed by atoms with Gasteiger partial charge in [0.2, 0.25) is 0 Å². The van der Waals surface area contributed by atoms with Crippen LogP contribution in [0, 0.1) is 5.92 Å². The summed E-state index contributed by atoms with van der Waals surface area (Å²) in [6, 6.07) is 31.3. The largest absolute Gasteiger partial charge is 0.353 e. The van der Waals surface area contributed by atoms with E-state index in [1.165, 1.54) is 34.0 Å². The lowest BCUT2D eigenvalue weighted by Gasteiger charge is -2.39. The van der Waals surface area contributed by atoms with Crippen molar-refractivity contribution in [3.05, 3.63) is 108 Å². The van der Waals surface area contributed by atoms with E-state index in [0.717, 1.165) is 26.2 Å². The lowest BCUT2D eigenvalue weighted by molar-refractivity contribution is 0.140. The van der Waals surface area contributed by atoms with E-state index < -0.39 is 0 Å². The number of piperidine rings is 1. The maximum atomic E-state index is 3.92. The van der Waals surface area contributed by atoms with Crippen LogP contribution in [0.2, 0.25) is 0 Å². The van der Waals surface area contributed by atoms with E-state index in [4.69, 9.17) is 0 Å². The van der Waals surface area contributed by atoms with E-state index in [-0.39, 0.29) is 0 Å². The topological polar surface area (TPSA) is 20.2 Å². The molecule has 0 aliphatic carbocycles. The summed E-state index contributed by atoms with van der Waals surface area (Å²) in [5.74, 6) is 1.18. The lowest BCUT2D eigenvalue weighted by Crippen LogP contribution is -2.43. The molecule has 2 heterocycles. The number of aryl methyl sites for hydroxylation is 1. The summed E-state index contributed by atoms with van der Waals surface area (Å²) in [4.78, 5) is 2.64. The molecule has 3 atom stereocenters. The van der Waals surface area contributed by atoms with Gasteiger partial charge in [-0.15, -0.1) is 0 Å². The fourth-order valence-electron chi connectivity index (χ4n) is 5.55. The van der Waals surface area contributed by atoms with Gasteiger partial charge in [0.15, 0.2) is 0 Å². The summed E-state index contributed by atoms with van der Waals surface area (Å²) in [5, 5.41) is 6.59. The lowest BCUT2D eigenvalue weighted by atomic mass is 9.80. The number of likely N-dealkylation sites (tertiary alicyclic amines) is 1. The molecular formula is C30H35N3. The van der Waals surface area contributed by atoms with Crippen LogP contribution in [-0.2, 0) is 13.6 Å². The molecule has 0 amide bonds. The molecule has 0 radical (unpaired) electrons. The summed E-state index contributed by atoms with van der Waals surface area (Å²) < 4.78 is 2.25. The summed E-state index contributed by atoms with van der Waals surface area (Å²) in [7, 11) is 2.15. The highest BCUT2D eigenvalue weighted by molar-refractivity contribution is 5.86. The minimum atomic E-state index is 0.316. The summed E-state index contributed by atoms with van der Waals surface area (Å²) >= 11 is 0. The Morgan fingerprint density at radius 3 is 2.52 bits per heavy atom. The number of aromatic nitrogens is 1. The Balaban J connectivity index is 1.33. The van der Waals surface area contributed by atoms with Crippen LogP contribution in [0.4, 0.5) is 0 Å². The zero-order valence-electron chi connectivity index (χ0n) is 19.8. The highest BCUT2D eigenvalue weighted by Crippen LogP contribution is 2.34. The second-order valence-corrected chi connectivity index (χ2v) is 9.61. The Bertz CT molecular complexity index is 1170.